The molecule has 0 bridgehead atoms. The maximum Gasteiger partial charge on any atom is 0.226 e. The number of pyridine rings is 1. The van der Waals surface area contributed by atoms with E-state index in [0.29, 0.717) is 13.0 Å². The monoisotopic (exact) mass is 249 g/mol. The number of carbonyl (C=O) groups excluding carboxylic acids is 1. The summed E-state index contributed by atoms with van der Waals surface area (Å²) in [5.74, 6) is -0.00838. The van der Waals surface area contributed by atoms with Gasteiger partial charge in [0.05, 0.1) is 17.7 Å². The van der Waals surface area contributed by atoms with E-state index >= 15 is 0 Å². The fourth-order valence-corrected chi connectivity index (χ4v) is 1.96. The predicted molar refractivity (Wildman–Crippen MR) is 73.2 cm³/mol. The van der Waals surface area contributed by atoms with Crippen molar-refractivity contribution in [2.45, 2.75) is 45.6 Å². The van der Waals surface area contributed by atoms with Crippen LogP contribution in [0.25, 0.3) is 0 Å². The Morgan fingerprint density at radius 1 is 1.44 bits per heavy atom. The van der Waals surface area contributed by atoms with Gasteiger partial charge in [0.25, 0.3) is 0 Å². The number of nitrogens with one attached hydrogen (secondary N) is 1. The maximum atomic E-state index is 12.1. The molecule has 0 radical (unpaired) electrons. The molecular weight excluding hydrogens is 226 g/mol. The van der Waals surface area contributed by atoms with Crippen LogP contribution in [0.1, 0.15) is 37.9 Å². The Balaban J connectivity index is 2.70. The van der Waals surface area contributed by atoms with E-state index in [4.69, 9.17) is 5.73 Å². The fourth-order valence-electron chi connectivity index (χ4n) is 1.96. The third-order valence-electron chi connectivity index (χ3n) is 3.59. The molecule has 0 aliphatic rings. The summed E-state index contributed by atoms with van der Waals surface area (Å²) in [4.78, 5) is 16.3. The Kier molecular flexibility index (Phi) is 5.28. The smallest absolute Gasteiger partial charge is 0.226 e. The van der Waals surface area contributed by atoms with Crippen LogP contribution in [0.5, 0.6) is 0 Å². The van der Waals surface area contributed by atoms with Crippen molar-refractivity contribution in [3.8, 4) is 0 Å². The molecule has 0 spiro atoms. The molecule has 1 aromatic heterocycles. The molecule has 4 nitrogen and oxygen atoms in total. The molecule has 0 unspecified atom stereocenters. The lowest BCUT2D eigenvalue weighted by Gasteiger charge is -2.31. The number of hydrogen-bond acceptors (Lipinski definition) is 3. The van der Waals surface area contributed by atoms with Crippen LogP contribution in [-0.4, -0.2) is 23.0 Å². The van der Waals surface area contributed by atoms with Crippen LogP contribution in [-0.2, 0) is 11.2 Å². The van der Waals surface area contributed by atoms with Crippen LogP contribution in [0.2, 0.25) is 0 Å². The Morgan fingerprint density at radius 3 is 2.61 bits per heavy atom. The second-order valence-corrected chi connectivity index (χ2v) is 4.68. The molecule has 0 saturated carbocycles. The Labute approximate surface area is 109 Å². The summed E-state index contributed by atoms with van der Waals surface area (Å²) in [6.45, 7) is 6.52. The van der Waals surface area contributed by atoms with Crippen LogP contribution >= 0.6 is 0 Å². The minimum absolute atomic E-state index is 0.00838. The second kappa shape index (κ2) is 6.50. The van der Waals surface area contributed by atoms with E-state index in [1.165, 1.54) is 0 Å². The fraction of sp³-hybridized carbons (Fsp3) is 0.571. The summed E-state index contributed by atoms with van der Waals surface area (Å²) in [6.07, 6.45) is 3.71. The Morgan fingerprint density at radius 2 is 2.11 bits per heavy atom. The quantitative estimate of drug-likeness (QED) is 0.804. The number of hydrogen-bond donors (Lipinski definition) is 2. The summed E-state index contributed by atoms with van der Waals surface area (Å²) in [6, 6.07) is 3.84. The van der Waals surface area contributed by atoms with E-state index in [9.17, 15) is 4.79 Å². The lowest BCUT2D eigenvalue weighted by atomic mass is 9.92. The highest BCUT2D eigenvalue weighted by molar-refractivity contribution is 5.79. The molecule has 0 atom stereocenters. The van der Waals surface area contributed by atoms with Crippen molar-refractivity contribution in [1.82, 2.24) is 10.3 Å². The number of aromatic nitrogens is 1. The van der Waals surface area contributed by atoms with Crippen molar-refractivity contribution >= 4 is 5.91 Å². The Bertz CT molecular complexity index is 392. The topological polar surface area (TPSA) is 68.0 Å². The number of carbonyl (C=O) groups is 1. The molecule has 0 aliphatic carbocycles. The molecule has 3 N–H and O–H groups in total. The number of nitrogens with zero attached hydrogens (tertiary/aromatic N) is 1. The normalized spacial score (nSPS) is 11.3. The molecule has 100 valence electrons. The summed E-state index contributed by atoms with van der Waals surface area (Å²) in [5, 5.41) is 3.05. The van der Waals surface area contributed by atoms with Gasteiger partial charge in [-0.25, -0.2) is 0 Å². The van der Waals surface area contributed by atoms with E-state index in [1.807, 2.05) is 32.9 Å². The summed E-state index contributed by atoms with van der Waals surface area (Å²) in [7, 11) is 0. The molecule has 1 heterocycles. The molecule has 4 heteroatoms. The average molecular weight is 249 g/mol. The standard InChI is InChI=1S/C14H23N3O/c1-4-14(5-2,10-15)17-13(18)9-12-11(3)7-6-8-16-12/h6-8H,4-5,9-10,15H2,1-3H3,(H,17,18). The molecule has 0 fully saturated rings. The summed E-state index contributed by atoms with van der Waals surface area (Å²) < 4.78 is 0. The molecular formula is C14H23N3O. The third kappa shape index (κ3) is 3.53. The predicted octanol–water partition coefficient (Wildman–Crippen LogP) is 1.57. The first-order chi connectivity index (χ1) is 8.56. The van der Waals surface area contributed by atoms with Crippen molar-refractivity contribution in [3.63, 3.8) is 0 Å². The molecule has 0 aromatic carbocycles. The first-order valence-corrected chi connectivity index (χ1v) is 6.48. The highest BCUT2D eigenvalue weighted by Gasteiger charge is 2.26. The first-order valence-electron chi connectivity index (χ1n) is 6.48. The zero-order valence-corrected chi connectivity index (χ0v) is 11.5. The van der Waals surface area contributed by atoms with E-state index in [1.54, 1.807) is 6.20 Å². The summed E-state index contributed by atoms with van der Waals surface area (Å²) in [5.41, 5.74) is 7.36. The zero-order chi connectivity index (χ0) is 13.6. The molecule has 0 saturated heterocycles. The van der Waals surface area contributed by atoms with Gasteiger partial charge in [-0.2, -0.15) is 0 Å². The van der Waals surface area contributed by atoms with Crippen molar-refractivity contribution in [3.05, 3.63) is 29.6 Å². The van der Waals surface area contributed by atoms with Gasteiger partial charge in [-0.1, -0.05) is 19.9 Å². The minimum atomic E-state index is -0.278. The van der Waals surface area contributed by atoms with E-state index < -0.39 is 0 Å². The van der Waals surface area contributed by atoms with Gasteiger partial charge in [-0.15, -0.1) is 0 Å². The summed E-state index contributed by atoms with van der Waals surface area (Å²) >= 11 is 0. The van der Waals surface area contributed by atoms with Crippen molar-refractivity contribution in [1.29, 1.82) is 0 Å². The van der Waals surface area contributed by atoms with Gasteiger partial charge in [-0.05, 0) is 31.4 Å². The van der Waals surface area contributed by atoms with Gasteiger partial charge in [0, 0.05) is 12.7 Å². The van der Waals surface area contributed by atoms with Crippen molar-refractivity contribution in [2.75, 3.05) is 6.54 Å². The maximum absolute atomic E-state index is 12.1. The lowest BCUT2D eigenvalue weighted by Crippen LogP contribution is -2.53. The first kappa shape index (κ1) is 14.6. The minimum Gasteiger partial charge on any atom is -0.349 e. The highest BCUT2D eigenvalue weighted by Crippen LogP contribution is 2.14. The van der Waals surface area contributed by atoms with Crippen LogP contribution in [0, 0.1) is 6.92 Å². The van der Waals surface area contributed by atoms with E-state index in [0.717, 1.165) is 24.1 Å². The van der Waals surface area contributed by atoms with Gasteiger partial charge in [-0.3, -0.25) is 9.78 Å². The molecule has 1 amide bonds. The SMILES string of the molecule is CCC(CC)(CN)NC(=O)Cc1ncccc1C. The second-order valence-electron chi connectivity index (χ2n) is 4.68. The number of rotatable bonds is 6. The van der Waals surface area contributed by atoms with Gasteiger partial charge >= 0.3 is 0 Å². The van der Waals surface area contributed by atoms with Crippen LogP contribution < -0.4 is 11.1 Å². The molecule has 18 heavy (non-hydrogen) atoms. The van der Waals surface area contributed by atoms with Gasteiger partial charge in [0.2, 0.25) is 5.91 Å². The molecule has 0 aliphatic heterocycles. The lowest BCUT2D eigenvalue weighted by molar-refractivity contribution is -0.122. The molecule has 1 rings (SSSR count). The van der Waals surface area contributed by atoms with Gasteiger partial charge in [0.15, 0.2) is 0 Å². The third-order valence-corrected chi connectivity index (χ3v) is 3.59. The number of aryl methyl sites for hydroxylation is 1. The molecule has 1 aromatic rings. The van der Waals surface area contributed by atoms with Crippen LogP contribution in [0.4, 0.5) is 0 Å². The van der Waals surface area contributed by atoms with E-state index in [-0.39, 0.29) is 11.4 Å². The van der Waals surface area contributed by atoms with Crippen LogP contribution in [0.3, 0.4) is 0 Å². The van der Waals surface area contributed by atoms with Gasteiger partial charge < -0.3 is 11.1 Å². The number of nitrogens with two attached hydrogens (primary N) is 1. The van der Waals surface area contributed by atoms with E-state index in [2.05, 4.69) is 10.3 Å². The van der Waals surface area contributed by atoms with Crippen molar-refractivity contribution < 1.29 is 4.79 Å². The van der Waals surface area contributed by atoms with Gasteiger partial charge in [0.1, 0.15) is 0 Å². The largest absolute Gasteiger partial charge is 0.349 e. The Hall–Kier alpha value is -1.42. The zero-order valence-electron chi connectivity index (χ0n) is 11.5. The van der Waals surface area contributed by atoms with Crippen LogP contribution in [0.15, 0.2) is 18.3 Å². The van der Waals surface area contributed by atoms with Crippen molar-refractivity contribution in [2.24, 2.45) is 5.73 Å². The average Bonchev–Trinajstić information content (AvgIpc) is 2.39. The number of amides is 1. The highest BCUT2D eigenvalue weighted by atomic mass is 16.1.